The number of hydrogen-bond donors (Lipinski definition) is 0. The van der Waals surface area contributed by atoms with Crippen LogP contribution in [-0.2, 0) is 0 Å². The molecule has 2 rings (SSSR count). The van der Waals surface area contributed by atoms with E-state index >= 15 is 0 Å². The third-order valence-corrected chi connectivity index (χ3v) is 4.73. The van der Waals surface area contributed by atoms with Gasteiger partial charge in [0, 0.05) is 12.1 Å². The highest BCUT2D eigenvalue weighted by Crippen LogP contribution is 2.29. The first-order chi connectivity index (χ1) is 7.66. The molecule has 0 amide bonds. The molecule has 1 saturated heterocycles. The highest BCUT2D eigenvalue weighted by atomic mass is 15.2. The minimum Gasteiger partial charge on any atom is -0.306 e. The predicted octanol–water partition coefficient (Wildman–Crippen LogP) is 2.59. The molecule has 2 heteroatoms. The SMILES string of the molecule is CC1CCC(N2CCC(N(C)C)CC2)CC1. The average Bonchev–Trinajstić information content (AvgIpc) is 2.30. The van der Waals surface area contributed by atoms with E-state index in [0.29, 0.717) is 0 Å². The maximum absolute atomic E-state index is 2.77. The molecule has 0 spiro atoms. The van der Waals surface area contributed by atoms with Gasteiger partial charge in [-0.05, 0) is 71.6 Å². The van der Waals surface area contributed by atoms with E-state index in [9.17, 15) is 0 Å². The summed E-state index contributed by atoms with van der Waals surface area (Å²) >= 11 is 0. The lowest BCUT2D eigenvalue weighted by atomic mass is 9.85. The summed E-state index contributed by atoms with van der Waals surface area (Å²) in [6, 6.07) is 1.75. The largest absolute Gasteiger partial charge is 0.306 e. The molecule has 1 saturated carbocycles. The molecule has 1 aliphatic heterocycles. The summed E-state index contributed by atoms with van der Waals surface area (Å²) in [4.78, 5) is 5.17. The van der Waals surface area contributed by atoms with E-state index in [-0.39, 0.29) is 0 Å². The summed E-state index contributed by atoms with van der Waals surface area (Å²) in [7, 11) is 4.45. The molecule has 0 bridgehead atoms. The fraction of sp³-hybridized carbons (Fsp3) is 1.00. The van der Waals surface area contributed by atoms with Crippen LogP contribution in [-0.4, -0.2) is 49.1 Å². The van der Waals surface area contributed by atoms with Gasteiger partial charge >= 0.3 is 0 Å². The van der Waals surface area contributed by atoms with E-state index in [4.69, 9.17) is 0 Å². The van der Waals surface area contributed by atoms with Crippen molar-refractivity contribution in [1.82, 2.24) is 9.80 Å². The van der Waals surface area contributed by atoms with Gasteiger partial charge in [0.15, 0.2) is 0 Å². The molecular weight excluding hydrogens is 196 g/mol. The minimum absolute atomic E-state index is 0.832. The van der Waals surface area contributed by atoms with E-state index < -0.39 is 0 Å². The van der Waals surface area contributed by atoms with Gasteiger partial charge in [0.1, 0.15) is 0 Å². The Morgan fingerprint density at radius 2 is 1.44 bits per heavy atom. The molecule has 94 valence electrons. The van der Waals surface area contributed by atoms with Crippen molar-refractivity contribution < 1.29 is 0 Å². The van der Waals surface area contributed by atoms with Gasteiger partial charge in [0.05, 0.1) is 0 Å². The van der Waals surface area contributed by atoms with Crippen LogP contribution in [0.15, 0.2) is 0 Å². The Labute approximate surface area is 101 Å². The van der Waals surface area contributed by atoms with Gasteiger partial charge in [-0.25, -0.2) is 0 Å². The number of piperidine rings is 1. The zero-order chi connectivity index (χ0) is 11.5. The van der Waals surface area contributed by atoms with Crippen LogP contribution in [0.1, 0.15) is 45.4 Å². The summed E-state index contributed by atoms with van der Waals surface area (Å²) in [5, 5.41) is 0. The Morgan fingerprint density at radius 3 is 1.94 bits per heavy atom. The van der Waals surface area contributed by atoms with Crippen LogP contribution in [0.3, 0.4) is 0 Å². The zero-order valence-corrected chi connectivity index (χ0v) is 11.3. The summed E-state index contributed by atoms with van der Waals surface area (Å²) in [5.41, 5.74) is 0. The van der Waals surface area contributed by atoms with Crippen molar-refractivity contribution >= 4 is 0 Å². The summed E-state index contributed by atoms with van der Waals surface area (Å²) in [6.07, 6.45) is 8.57. The number of likely N-dealkylation sites (tertiary alicyclic amines) is 1. The van der Waals surface area contributed by atoms with Gasteiger partial charge in [-0.2, -0.15) is 0 Å². The Bertz CT molecular complexity index is 199. The molecule has 0 aromatic rings. The first kappa shape index (κ1) is 12.4. The van der Waals surface area contributed by atoms with Crippen molar-refractivity contribution in [3.63, 3.8) is 0 Å². The average molecular weight is 224 g/mol. The predicted molar refractivity (Wildman–Crippen MR) is 69.7 cm³/mol. The lowest BCUT2D eigenvalue weighted by molar-refractivity contribution is 0.0821. The monoisotopic (exact) mass is 224 g/mol. The van der Waals surface area contributed by atoms with Crippen LogP contribution in [0.5, 0.6) is 0 Å². The van der Waals surface area contributed by atoms with Crippen LogP contribution in [0.2, 0.25) is 0 Å². The van der Waals surface area contributed by atoms with Crippen LogP contribution < -0.4 is 0 Å². The van der Waals surface area contributed by atoms with Crippen molar-refractivity contribution in [2.45, 2.75) is 57.5 Å². The number of hydrogen-bond acceptors (Lipinski definition) is 2. The molecule has 0 unspecified atom stereocenters. The summed E-state index contributed by atoms with van der Waals surface area (Å²) in [5.74, 6) is 0.982. The van der Waals surface area contributed by atoms with Crippen molar-refractivity contribution in [1.29, 1.82) is 0 Å². The van der Waals surface area contributed by atoms with Gasteiger partial charge in [0.25, 0.3) is 0 Å². The maximum atomic E-state index is 2.77. The lowest BCUT2D eigenvalue weighted by Gasteiger charge is -2.41. The number of nitrogens with zero attached hydrogens (tertiary/aromatic N) is 2. The minimum atomic E-state index is 0.832. The van der Waals surface area contributed by atoms with E-state index in [1.165, 1.54) is 51.6 Å². The second-order valence-corrected chi connectivity index (χ2v) is 6.14. The second kappa shape index (κ2) is 5.50. The Balaban J connectivity index is 1.76. The molecule has 2 fully saturated rings. The van der Waals surface area contributed by atoms with E-state index in [2.05, 4.69) is 30.8 Å². The molecule has 1 heterocycles. The first-order valence-corrected chi connectivity index (χ1v) is 7.07. The second-order valence-electron chi connectivity index (χ2n) is 6.14. The van der Waals surface area contributed by atoms with Gasteiger partial charge < -0.3 is 9.80 Å². The molecule has 0 N–H and O–H groups in total. The number of rotatable bonds is 2. The lowest BCUT2D eigenvalue weighted by Crippen LogP contribution is -2.47. The van der Waals surface area contributed by atoms with Crippen molar-refractivity contribution in [3.8, 4) is 0 Å². The summed E-state index contributed by atoms with van der Waals surface area (Å²) < 4.78 is 0. The Kier molecular flexibility index (Phi) is 4.26. The fourth-order valence-electron chi connectivity index (χ4n) is 3.38. The Hall–Kier alpha value is -0.0800. The molecule has 0 aromatic carbocycles. The van der Waals surface area contributed by atoms with Crippen LogP contribution in [0.25, 0.3) is 0 Å². The highest BCUT2D eigenvalue weighted by Gasteiger charge is 2.28. The van der Waals surface area contributed by atoms with Crippen LogP contribution >= 0.6 is 0 Å². The quantitative estimate of drug-likeness (QED) is 0.711. The van der Waals surface area contributed by atoms with E-state index in [1.54, 1.807) is 0 Å². The molecule has 0 aromatic heterocycles. The normalized spacial score (nSPS) is 34.5. The Morgan fingerprint density at radius 1 is 0.875 bits per heavy atom. The molecule has 16 heavy (non-hydrogen) atoms. The third-order valence-electron chi connectivity index (χ3n) is 4.73. The van der Waals surface area contributed by atoms with Crippen LogP contribution in [0.4, 0.5) is 0 Å². The topological polar surface area (TPSA) is 6.48 Å². The highest BCUT2D eigenvalue weighted by molar-refractivity contribution is 4.84. The summed E-state index contributed by atoms with van der Waals surface area (Å²) in [6.45, 7) is 5.08. The standard InChI is InChI=1S/C14H28N2/c1-12-4-6-14(7-5-12)16-10-8-13(9-11-16)15(2)3/h12-14H,4-11H2,1-3H3. The van der Waals surface area contributed by atoms with Gasteiger partial charge in [-0.3, -0.25) is 0 Å². The maximum Gasteiger partial charge on any atom is 0.0113 e. The molecule has 0 atom stereocenters. The van der Waals surface area contributed by atoms with E-state index in [0.717, 1.165) is 18.0 Å². The molecule has 2 aliphatic rings. The van der Waals surface area contributed by atoms with Crippen molar-refractivity contribution in [2.24, 2.45) is 5.92 Å². The van der Waals surface area contributed by atoms with E-state index in [1.807, 2.05) is 0 Å². The molecule has 1 aliphatic carbocycles. The van der Waals surface area contributed by atoms with Crippen molar-refractivity contribution in [2.75, 3.05) is 27.2 Å². The van der Waals surface area contributed by atoms with Crippen molar-refractivity contribution in [3.05, 3.63) is 0 Å². The third kappa shape index (κ3) is 2.98. The van der Waals surface area contributed by atoms with Crippen LogP contribution in [0, 0.1) is 5.92 Å². The fourth-order valence-corrected chi connectivity index (χ4v) is 3.38. The zero-order valence-electron chi connectivity index (χ0n) is 11.3. The molecule has 0 radical (unpaired) electrons. The first-order valence-electron chi connectivity index (χ1n) is 7.07. The smallest absolute Gasteiger partial charge is 0.0113 e. The molecular formula is C14H28N2. The van der Waals surface area contributed by atoms with Gasteiger partial charge in [0.2, 0.25) is 0 Å². The molecule has 2 nitrogen and oxygen atoms in total. The van der Waals surface area contributed by atoms with Gasteiger partial charge in [-0.15, -0.1) is 0 Å². The van der Waals surface area contributed by atoms with Gasteiger partial charge in [-0.1, -0.05) is 6.92 Å².